The van der Waals surface area contributed by atoms with Gasteiger partial charge in [-0.05, 0) is 44.2 Å². The molecule has 6 heteroatoms. The van der Waals surface area contributed by atoms with Crippen molar-refractivity contribution in [2.75, 3.05) is 12.4 Å². The summed E-state index contributed by atoms with van der Waals surface area (Å²) in [5.74, 6) is 0.727. The number of nitrogens with zero attached hydrogens (tertiary/aromatic N) is 1. The van der Waals surface area contributed by atoms with Gasteiger partial charge in [0.25, 0.3) is 0 Å². The van der Waals surface area contributed by atoms with Crippen LogP contribution in [0.3, 0.4) is 0 Å². The third-order valence-electron chi connectivity index (χ3n) is 4.94. The van der Waals surface area contributed by atoms with Crippen LogP contribution in [0.4, 0.5) is 10.5 Å². The summed E-state index contributed by atoms with van der Waals surface area (Å²) in [4.78, 5) is 26.1. The SMILES string of the molecule is COc1cccc(NC(=O)N2[C@@H]3CCC[C@@H]2CC(NC(C)=O)C3)c1. The Morgan fingerprint density at radius 2 is 1.92 bits per heavy atom. The average molecular weight is 331 g/mol. The standard InChI is InChI=1S/C18H25N3O3/c1-12(22)19-14-9-15-6-4-7-16(10-14)21(15)18(23)20-13-5-3-8-17(11-13)24-2/h3,5,8,11,14-16H,4,6-7,9-10H2,1-2H3,(H,19,22)(H,20,23)/t15-,16-/m1/s1. The predicted octanol–water partition coefficient (Wildman–Crippen LogP) is 2.75. The lowest BCUT2D eigenvalue weighted by molar-refractivity contribution is -0.120. The number of urea groups is 1. The Balaban J connectivity index is 1.69. The van der Waals surface area contributed by atoms with Gasteiger partial charge in [0, 0.05) is 36.8 Å². The lowest BCUT2D eigenvalue weighted by Crippen LogP contribution is -2.59. The second-order valence-corrected chi connectivity index (χ2v) is 6.68. The highest BCUT2D eigenvalue weighted by atomic mass is 16.5. The van der Waals surface area contributed by atoms with Crippen LogP contribution in [0.25, 0.3) is 0 Å². The van der Waals surface area contributed by atoms with Crippen LogP contribution in [0.15, 0.2) is 24.3 Å². The lowest BCUT2D eigenvalue weighted by Gasteiger charge is -2.48. The van der Waals surface area contributed by atoms with E-state index in [-0.39, 0.29) is 30.1 Å². The molecule has 2 aliphatic heterocycles. The van der Waals surface area contributed by atoms with Crippen molar-refractivity contribution in [3.8, 4) is 5.75 Å². The van der Waals surface area contributed by atoms with Crippen LogP contribution in [0.5, 0.6) is 5.75 Å². The number of amides is 3. The molecule has 0 aromatic heterocycles. The van der Waals surface area contributed by atoms with Crippen LogP contribution in [-0.4, -0.2) is 42.1 Å². The zero-order valence-corrected chi connectivity index (χ0v) is 14.2. The second-order valence-electron chi connectivity index (χ2n) is 6.68. The highest BCUT2D eigenvalue weighted by Gasteiger charge is 2.41. The third kappa shape index (κ3) is 3.63. The normalized spacial score (nSPS) is 25.8. The molecule has 0 spiro atoms. The van der Waals surface area contributed by atoms with E-state index >= 15 is 0 Å². The number of rotatable bonds is 3. The number of benzene rings is 1. The Morgan fingerprint density at radius 3 is 2.54 bits per heavy atom. The van der Waals surface area contributed by atoms with E-state index in [4.69, 9.17) is 4.74 Å². The molecule has 1 aromatic rings. The summed E-state index contributed by atoms with van der Waals surface area (Å²) in [6.07, 6.45) is 4.81. The van der Waals surface area contributed by atoms with Crippen molar-refractivity contribution < 1.29 is 14.3 Å². The first-order valence-corrected chi connectivity index (χ1v) is 8.57. The number of carbonyl (C=O) groups is 2. The van der Waals surface area contributed by atoms with Gasteiger partial charge in [-0.1, -0.05) is 6.07 Å². The number of anilines is 1. The largest absolute Gasteiger partial charge is 0.497 e. The van der Waals surface area contributed by atoms with Crippen LogP contribution < -0.4 is 15.4 Å². The van der Waals surface area contributed by atoms with Gasteiger partial charge in [0.2, 0.25) is 5.91 Å². The smallest absolute Gasteiger partial charge is 0.322 e. The molecule has 2 N–H and O–H groups in total. The Bertz CT molecular complexity index is 605. The van der Waals surface area contributed by atoms with Crippen LogP contribution in [0.1, 0.15) is 39.0 Å². The molecule has 130 valence electrons. The van der Waals surface area contributed by atoms with Crippen LogP contribution >= 0.6 is 0 Å². The summed E-state index contributed by atoms with van der Waals surface area (Å²) < 4.78 is 5.20. The highest BCUT2D eigenvalue weighted by molar-refractivity contribution is 5.90. The zero-order chi connectivity index (χ0) is 17.1. The van der Waals surface area contributed by atoms with Gasteiger partial charge in [0.05, 0.1) is 7.11 Å². The quantitative estimate of drug-likeness (QED) is 0.895. The number of nitrogens with one attached hydrogen (secondary N) is 2. The minimum atomic E-state index is -0.0563. The highest BCUT2D eigenvalue weighted by Crippen LogP contribution is 2.34. The van der Waals surface area contributed by atoms with Gasteiger partial charge in [-0.3, -0.25) is 4.79 Å². The van der Waals surface area contributed by atoms with Crippen molar-refractivity contribution in [3.63, 3.8) is 0 Å². The molecule has 2 saturated heterocycles. The van der Waals surface area contributed by atoms with Crippen LogP contribution in [0.2, 0.25) is 0 Å². The molecule has 3 amide bonds. The van der Waals surface area contributed by atoms with Crippen molar-refractivity contribution in [1.29, 1.82) is 0 Å². The molecule has 24 heavy (non-hydrogen) atoms. The molecular weight excluding hydrogens is 306 g/mol. The van der Waals surface area contributed by atoms with Gasteiger partial charge in [0.1, 0.15) is 5.75 Å². The van der Waals surface area contributed by atoms with Crippen molar-refractivity contribution in [2.45, 2.75) is 57.2 Å². The molecule has 0 radical (unpaired) electrons. The molecule has 6 nitrogen and oxygen atoms in total. The molecule has 2 bridgehead atoms. The Morgan fingerprint density at radius 1 is 1.21 bits per heavy atom. The summed E-state index contributed by atoms with van der Waals surface area (Å²) >= 11 is 0. The molecule has 0 aliphatic carbocycles. The maximum Gasteiger partial charge on any atom is 0.322 e. The minimum Gasteiger partial charge on any atom is -0.497 e. The first kappa shape index (κ1) is 16.6. The first-order chi connectivity index (χ1) is 11.6. The van der Waals surface area contributed by atoms with Crippen molar-refractivity contribution in [2.24, 2.45) is 0 Å². The third-order valence-corrected chi connectivity index (χ3v) is 4.94. The summed E-state index contributed by atoms with van der Waals surface area (Å²) in [7, 11) is 1.61. The molecule has 1 aromatic carbocycles. The number of carbonyl (C=O) groups excluding carboxylic acids is 2. The summed E-state index contributed by atoms with van der Waals surface area (Å²) in [5.41, 5.74) is 0.737. The molecule has 3 rings (SSSR count). The van der Waals surface area contributed by atoms with E-state index in [1.165, 1.54) is 0 Å². The van der Waals surface area contributed by atoms with E-state index in [1.807, 2.05) is 29.2 Å². The molecule has 2 atom stereocenters. The number of methoxy groups -OCH3 is 1. The molecule has 2 aliphatic rings. The van der Waals surface area contributed by atoms with Crippen molar-refractivity contribution in [3.05, 3.63) is 24.3 Å². The topological polar surface area (TPSA) is 70.7 Å². The summed E-state index contributed by atoms with van der Waals surface area (Å²) in [6, 6.07) is 7.90. The summed E-state index contributed by atoms with van der Waals surface area (Å²) in [6.45, 7) is 1.55. The fraction of sp³-hybridized carbons (Fsp3) is 0.556. The average Bonchev–Trinajstić information content (AvgIpc) is 2.53. The molecule has 0 saturated carbocycles. The van der Waals surface area contributed by atoms with Gasteiger partial charge in [-0.15, -0.1) is 0 Å². The van der Waals surface area contributed by atoms with Crippen molar-refractivity contribution in [1.82, 2.24) is 10.2 Å². The second kappa shape index (κ2) is 7.11. The first-order valence-electron chi connectivity index (χ1n) is 8.57. The Kier molecular flexibility index (Phi) is 4.92. The maximum atomic E-state index is 12.8. The van der Waals surface area contributed by atoms with E-state index in [1.54, 1.807) is 14.0 Å². The molecular formula is C18H25N3O3. The fourth-order valence-electron chi connectivity index (χ4n) is 4.01. The number of hydrogen-bond donors (Lipinski definition) is 2. The van der Waals surface area contributed by atoms with Gasteiger partial charge in [-0.25, -0.2) is 4.79 Å². The van der Waals surface area contributed by atoms with Crippen molar-refractivity contribution >= 4 is 17.6 Å². The summed E-state index contributed by atoms with van der Waals surface area (Å²) in [5, 5.41) is 6.01. The number of ether oxygens (including phenoxy) is 1. The fourth-order valence-corrected chi connectivity index (χ4v) is 4.01. The number of hydrogen-bond acceptors (Lipinski definition) is 3. The van der Waals surface area contributed by atoms with Gasteiger partial charge < -0.3 is 20.3 Å². The van der Waals surface area contributed by atoms with Crippen LogP contribution in [-0.2, 0) is 4.79 Å². The van der Waals surface area contributed by atoms with E-state index in [2.05, 4.69) is 10.6 Å². The maximum absolute atomic E-state index is 12.8. The number of piperidine rings is 2. The van der Waals surface area contributed by atoms with E-state index < -0.39 is 0 Å². The monoisotopic (exact) mass is 331 g/mol. The van der Waals surface area contributed by atoms with Crippen LogP contribution in [0, 0.1) is 0 Å². The Labute approximate surface area is 142 Å². The van der Waals surface area contributed by atoms with Gasteiger partial charge in [0.15, 0.2) is 0 Å². The molecule has 0 unspecified atom stereocenters. The lowest BCUT2D eigenvalue weighted by atomic mass is 9.82. The molecule has 2 fully saturated rings. The minimum absolute atomic E-state index is 0.00681. The molecule has 2 heterocycles. The van der Waals surface area contributed by atoms with E-state index in [9.17, 15) is 9.59 Å². The van der Waals surface area contributed by atoms with Gasteiger partial charge >= 0.3 is 6.03 Å². The zero-order valence-electron chi connectivity index (χ0n) is 14.2. The van der Waals surface area contributed by atoms with Gasteiger partial charge in [-0.2, -0.15) is 0 Å². The van der Waals surface area contributed by atoms with E-state index in [0.29, 0.717) is 0 Å². The Hall–Kier alpha value is -2.24. The predicted molar refractivity (Wildman–Crippen MR) is 92.1 cm³/mol. The van der Waals surface area contributed by atoms with E-state index in [0.717, 1.165) is 43.5 Å². The number of fused-ring (bicyclic) bond motifs is 2.